The van der Waals surface area contributed by atoms with Crippen LogP contribution in [-0.2, 0) is 4.74 Å². The molecule has 5 N–H and O–H groups in total. The maximum Gasteiger partial charge on any atom is 0.200 e. The van der Waals surface area contributed by atoms with E-state index in [1.165, 1.54) is 0 Å². The van der Waals surface area contributed by atoms with Crippen molar-refractivity contribution in [2.75, 3.05) is 6.61 Å². The summed E-state index contributed by atoms with van der Waals surface area (Å²) in [4.78, 5) is 0. The van der Waals surface area contributed by atoms with Crippen LogP contribution in [0.25, 0.3) is 0 Å². The molecule has 2 rings (SSSR count). The summed E-state index contributed by atoms with van der Waals surface area (Å²) in [5.74, 6) is -1.82. The highest BCUT2D eigenvalue weighted by Gasteiger charge is 2.70. The van der Waals surface area contributed by atoms with Crippen molar-refractivity contribution >= 4 is 0 Å². The third-order valence-electron chi connectivity index (χ3n) is 5.19. The van der Waals surface area contributed by atoms with Crippen LogP contribution in [-0.4, -0.2) is 61.8 Å². The van der Waals surface area contributed by atoms with Crippen molar-refractivity contribution in [2.45, 2.75) is 93.9 Å². The topological polar surface area (TPSA) is 110 Å². The van der Waals surface area contributed by atoms with Crippen LogP contribution in [0.4, 0.5) is 0 Å². The highest BCUT2D eigenvalue weighted by molar-refractivity contribution is 5.15. The lowest BCUT2D eigenvalue weighted by Gasteiger charge is -2.33. The molecule has 130 valence electrons. The van der Waals surface area contributed by atoms with Crippen LogP contribution >= 0.6 is 0 Å². The van der Waals surface area contributed by atoms with Crippen molar-refractivity contribution in [1.82, 2.24) is 0 Å². The van der Waals surface area contributed by atoms with Gasteiger partial charge in [-0.2, -0.15) is 0 Å². The van der Waals surface area contributed by atoms with E-state index in [0.717, 1.165) is 44.9 Å². The standard InChI is InChI=1S/C16H30O6/c17-11-7-5-3-1-2-4-6-8-12-14(19)16(21)13(18)9-10-15(16,20)22-12/h12-14,17-21H,1-11H2/t12-,13+,14-,15-,16+/m1/s1. The van der Waals surface area contributed by atoms with Gasteiger partial charge >= 0.3 is 0 Å². The van der Waals surface area contributed by atoms with Crippen molar-refractivity contribution in [2.24, 2.45) is 0 Å². The van der Waals surface area contributed by atoms with Crippen molar-refractivity contribution in [3.05, 3.63) is 0 Å². The lowest BCUT2D eigenvalue weighted by atomic mass is 9.87. The molecule has 0 unspecified atom stereocenters. The molecule has 1 heterocycles. The summed E-state index contributed by atoms with van der Waals surface area (Å²) in [6, 6.07) is 0. The Balaban J connectivity index is 1.68. The average molecular weight is 318 g/mol. The highest BCUT2D eigenvalue weighted by atomic mass is 16.7. The van der Waals surface area contributed by atoms with E-state index >= 15 is 0 Å². The molecule has 6 nitrogen and oxygen atoms in total. The zero-order chi connectivity index (χ0) is 16.2. The predicted molar refractivity (Wildman–Crippen MR) is 80.0 cm³/mol. The van der Waals surface area contributed by atoms with Gasteiger partial charge in [0.05, 0.1) is 12.2 Å². The first-order valence-electron chi connectivity index (χ1n) is 8.55. The first-order valence-corrected chi connectivity index (χ1v) is 8.55. The molecule has 0 aromatic carbocycles. The van der Waals surface area contributed by atoms with Gasteiger partial charge in [0, 0.05) is 13.0 Å². The summed E-state index contributed by atoms with van der Waals surface area (Å²) in [5.41, 5.74) is -1.96. The number of unbranched alkanes of at least 4 members (excludes halogenated alkanes) is 6. The van der Waals surface area contributed by atoms with Crippen molar-refractivity contribution in [3.8, 4) is 0 Å². The normalized spacial score (nSPS) is 41.0. The van der Waals surface area contributed by atoms with Crippen molar-refractivity contribution < 1.29 is 30.3 Å². The quantitative estimate of drug-likeness (QED) is 0.394. The maximum absolute atomic E-state index is 10.4. The van der Waals surface area contributed by atoms with E-state index in [2.05, 4.69) is 0 Å². The highest BCUT2D eigenvalue weighted by Crippen LogP contribution is 2.50. The van der Waals surface area contributed by atoms with Gasteiger partial charge in [-0.1, -0.05) is 38.5 Å². The fourth-order valence-corrected chi connectivity index (χ4v) is 3.75. The van der Waals surface area contributed by atoms with E-state index < -0.39 is 29.7 Å². The fourth-order valence-electron chi connectivity index (χ4n) is 3.75. The van der Waals surface area contributed by atoms with Gasteiger partial charge in [0.2, 0.25) is 5.79 Å². The Morgan fingerprint density at radius 1 is 0.909 bits per heavy atom. The number of hydrogen-bond donors (Lipinski definition) is 5. The van der Waals surface area contributed by atoms with Gasteiger partial charge in [0.15, 0.2) is 5.60 Å². The van der Waals surface area contributed by atoms with Gasteiger partial charge in [0.1, 0.15) is 6.10 Å². The molecule has 1 saturated carbocycles. The summed E-state index contributed by atoms with van der Waals surface area (Å²) in [5, 5.41) is 49.5. The van der Waals surface area contributed by atoms with Crippen molar-refractivity contribution in [3.63, 3.8) is 0 Å². The lowest BCUT2D eigenvalue weighted by Crippen LogP contribution is -2.58. The number of aliphatic hydroxyl groups excluding tert-OH is 3. The van der Waals surface area contributed by atoms with Gasteiger partial charge in [-0.3, -0.25) is 0 Å². The summed E-state index contributed by atoms with van der Waals surface area (Å²) in [6.45, 7) is 0.259. The molecule has 1 saturated heterocycles. The Kier molecular flexibility index (Phi) is 6.22. The molecule has 2 aliphatic rings. The Bertz CT molecular complexity index is 352. The number of hydrogen-bond acceptors (Lipinski definition) is 6. The first-order chi connectivity index (χ1) is 10.5. The molecule has 0 spiro atoms. The third-order valence-corrected chi connectivity index (χ3v) is 5.19. The average Bonchev–Trinajstić information content (AvgIpc) is 2.84. The first kappa shape index (κ1) is 18.1. The van der Waals surface area contributed by atoms with Gasteiger partial charge in [0.25, 0.3) is 0 Å². The molecule has 1 aliphatic carbocycles. The summed E-state index contributed by atoms with van der Waals surface area (Å²) < 4.78 is 5.49. The van der Waals surface area contributed by atoms with Crippen LogP contribution < -0.4 is 0 Å². The second-order valence-corrected chi connectivity index (χ2v) is 6.75. The SMILES string of the molecule is OCCCCCCCCC[C@H]1O[C@]2(O)CC[C@H](O)[C@]2(O)[C@@H]1O. The molecule has 0 aromatic rings. The van der Waals surface area contributed by atoms with Crippen LogP contribution in [0.3, 0.4) is 0 Å². The maximum atomic E-state index is 10.4. The minimum atomic E-state index is -1.96. The number of rotatable bonds is 9. The van der Waals surface area contributed by atoms with E-state index in [9.17, 15) is 20.4 Å². The molecule has 0 radical (unpaired) electrons. The second-order valence-electron chi connectivity index (χ2n) is 6.75. The molecule has 1 aliphatic heterocycles. The van der Waals surface area contributed by atoms with Gasteiger partial charge in [-0.25, -0.2) is 0 Å². The third kappa shape index (κ3) is 3.32. The van der Waals surface area contributed by atoms with E-state index in [-0.39, 0.29) is 19.4 Å². The summed E-state index contributed by atoms with van der Waals surface area (Å²) in [7, 11) is 0. The smallest absolute Gasteiger partial charge is 0.200 e. The summed E-state index contributed by atoms with van der Waals surface area (Å²) >= 11 is 0. The second kappa shape index (κ2) is 7.55. The van der Waals surface area contributed by atoms with Gasteiger partial charge in [-0.05, 0) is 19.3 Å². The fraction of sp³-hybridized carbons (Fsp3) is 1.00. The molecule has 0 amide bonds. The van der Waals surface area contributed by atoms with E-state index in [4.69, 9.17) is 9.84 Å². The molecule has 6 heteroatoms. The molecule has 0 aromatic heterocycles. The molecular formula is C16H30O6. The van der Waals surface area contributed by atoms with Crippen LogP contribution in [0, 0.1) is 0 Å². The largest absolute Gasteiger partial charge is 0.396 e. The lowest BCUT2D eigenvalue weighted by molar-refractivity contribution is -0.265. The Morgan fingerprint density at radius 3 is 2.09 bits per heavy atom. The monoisotopic (exact) mass is 318 g/mol. The van der Waals surface area contributed by atoms with Gasteiger partial charge < -0.3 is 30.3 Å². The van der Waals surface area contributed by atoms with E-state index in [1.54, 1.807) is 0 Å². The minimum Gasteiger partial charge on any atom is -0.396 e. The number of aliphatic hydroxyl groups is 5. The molecule has 22 heavy (non-hydrogen) atoms. The minimum absolute atomic E-state index is 0.142. The van der Waals surface area contributed by atoms with Gasteiger partial charge in [-0.15, -0.1) is 0 Å². The Morgan fingerprint density at radius 2 is 1.50 bits per heavy atom. The van der Waals surface area contributed by atoms with E-state index in [1.807, 2.05) is 0 Å². The van der Waals surface area contributed by atoms with Crippen LogP contribution in [0.2, 0.25) is 0 Å². The van der Waals surface area contributed by atoms with Crippen LogP contribution in [0.5, 0.6) is 0 Å². The number of fused-ring (bicyclic) bond motifs is 1. The Hall–Kier alpha value is -0.240. The number of ether oxygens (including phenoxy) is 1. The zero-order valence-electron chi connectivity index (χ0n) is 13.2. The van der Waals surface area contributed by atoms with Crippen LogP contribution in [0.15, 0.2) is 0 Å². The Labute approximate surface area is 131 Å². The predicted octanol–water partition coefficient (Wildman–Crippen LogP) is 0.434. The van der Waals surface area contributed by atoms with Crippen LogP contribution in [0.1, 0.15) is 64.2 Å². The van der Waals surface area contributed by atoms with Crippen molar-refractivity contribution in [1.29, 1.82) is 0 Å². The molecule has 2 fully saturated rings. The molecule has 5 atom stereocenters. The summed E-state index contributed by atoms with van der Waals surface area (Å²) in [6.07, 6.45) is 5.02. The molecule has 0 bridgehead atoms. The molecular weight excluding hydrogens is 288 g/mol. The van der Waals surface area contributed by atoms with E-state index in [0.29, 0.717) is 6.42 Å². The zero-order valence-corrected chi connectivity index (χ0v) is 13.2.